The Labute approximate surface area is 87.5 Å². The van der Waals surface area contributed by atoms with Gasteiger partial charge in [-0.3, -0.25) is 9.59 Å². The number of amides is 2. The molecule has 0 bridgehead atoms. The van der Waals surface area contributed by atoms with Crippen molar-refractivity contribution in [2.45, 2.75) is 25.3 Å². The molecule has 0 aliphatic carbocycles. The van der Waals surface area contributed by atoms with Crippen molar-refractivity contribution in [2.75, 3.05) is 13.1 Å². The molecule has 2 aliphatic rings. The van der Waals surface area contributed by atoms with Crippen molar-refractivity contribution in [2.24, 2.45) is 10.8 Å². The van der Waals surface area contributed by atoms with Crippen molar-refractivity contribution in [3.05, 3.63) is 0 Å². The lowest BCUT2D eigenvalue weighted by molar-refractivity contribution is -0.123. The van der Waals surface area contributed by atoms with Crippen LogP contribution in [0.2, 0.25) is 0 Å². The molecule has 6 heteroatoms. The van der Waals surface area contributed by atoms with E-state index in [0.717, 1.165) is 6.42 Å². The Morgan fingerprint density at radius 1 is 1.53 bits per heavy atom. The number of carbonyl (C=O) groups excluding carboxylic acids is 2. The molecular weight excluding hydrogens is 196 g/mol. The number of nitrogens with zero attached hydrogens (tertiary/aromatic N) is 2. The lowest BCUT2D eigenvalue weighted by atomic mass is 10.1. The SMILES string of the molecule is NC1CCN(C(=O)C2=NNC(=O)CC2)C1. The third-order valence-corrected chi connectivity index (χ3v) is 2.66. The third kappa shape index (κ3) is 2.15. The van der Waals surface area contributed by atoms with E-state index in [0.29, 0.717) is 31.6 Å². The molecule has 1 saturated heterocycles. The van der Waals surface area contributed by atoms with Crippen LogP contribution < -0.4 is 11.2 Å². The quantitative estimate of drug-likeness (QED) is 0.570. The number of carbonyl (C=O) groups is 2. The van der Waals surface area contributed by atoms with Gasteiger partial charge in [-0.25, -0.2) is 5.43 Å². The highest BCUT2D eigenvalue weighted by atomic mass is 16.2. The van der Waals surface area contributed by atoms with Crippen molar-refractivity contribution in [3.63, 3.8) is 0 Å². The molecule has 2 rings (SSSR count). The Kier molecular flexibility index (Phi) is 2.68. The highest BCUT2D eigenvalue weighted by molar-refractivity contribution is 6.39. The molecule has 0 saturated carbocycles. The van der Waals surface area contributed by atoms with E-state index in [1.54, 1.807) is 4.90 Å². The van der Waals surface area contributed by atoms with Gasteiger partial charge in [0.25, 0.3) is 5.91 Å². The number of nitrogens with one attached hydrogen (secondary N) is 1. The van der Waals surface area contributed by atoms with Gasteiger partial charge in [0.1, 0.15) is 5.71 Å². The Morgan fingerprint density at radius 3 is 2.87 bits per heavy atom. The maximum Gasteiger partial charge on any atom is 0.270 e. The van der Waals surface area contributed by atoms with Crippen LogP contribution in [0.3, 0.4) is 0 Å². The van der Waals surface area contributed by atoms with Gasteiger partial charge in [0.05, 0.1) is 0 Å². The molecule has 0 aromatic heterocycles. The van der Waals surface area contributed by atoms with Crippen molar-refractivity contribution in [1.29, 1.82) is 0 Å². The van der Waals surface area contributed by atoms with Gasteiger partial charge in [0.15, 0.2) is 0 Å². The Morgan fingerprint density at radius 2 is 2.33 bits per heavy atom. The highest BCUT2D eigenvalue weighted by Gasteiger charge is 2.28. The summed E-state index contributed by atoms with van der Waals surface area (Å²) in [6.07, 6.45) is 1.60. The van der Waals surface area contributed by atoms with Crippen LogP contribution in [-0.2, 0) is 9.59 Å². The molecule has 0 radical (unpaired) electrons. The van der Waals surface area contributed by atoms with Gasteiger partial charge in [-0.2, -0.15) is 5.10 Å². The summed E-state index contributed by atoms with van der Waals surface area (Å²) in [6, 6.07) is 0.0766. The van der Waals surface area contributed by atoms with E-state index in [-0.39, 0.29) is 17.9 Å². The van der Waals surface area contributed by atoms with Crippen LogP contribution in [0.1, 0.15) is 19.3 Å². The third-order valence-electron chi connectivity index (χ3n) is 2.66. The summed E-state index contributed by atoms with van der Waals surface area (Å²) in [7, 11) is 0. The number of hydrogen-bond donors (Lipinski definition) is 2. The number of hydrazone groups is 1. The van der Waals surface area contributed by atoms with E-state index in [9.17, 15) is 9.59 Å². The molecule has 1 atom stereocenters. The first-order chi connectivity index (χ1) is 7.16. The second-order valence-corrected chi connectivity index (χ2v) is 3.89. The summed E-state index contributed by atoms with van der Waals surface area (Å²) in [5.41, 5.74) is 8.46. The van der Waals surface area contributed by atoms with Crippen molar-refractivity contribution in [1.82, 2.24) is 10.3 Å². The van der Waals surface area contributed by atoms with Gasteiger partial charge in [0.2, 0.25) is 5.91 Å². The number of likely N-dealkylation sites (tertiary alicyclic amines) is 1. The fourth-order valence-electron chi connectivity index (χ4n) is 1.78. The maximum absolute atomic E-state index is 11.8. The molecule has 2 heterocycles. The smallest absolute Gasteiger partial charge is 0.270 e. The number of nitrogens with two attached hydrogens (primary N) is 1. The normalized spacial score (nSPS) is 26.2. The standard InChI is InChI=1S/C9H14N4O2/c10-6-3-4-13(5-6)9(15)7-1-2-8(14)12-11-7/h6H,1-5,10H2,(H,12,14). The minimum atomic E-state index is -0.135. The maximum atomic E-state index is 11.8. The van der Waals surface area contributed by atoms with Gasteiger partial charge in [-0.1, -0.05) is 0 Å². The summed E-state index contributed by atoms with van der Waals surface area (Å²) in [5, 5.41) is 3.77. The van der Waals surface area contributed by atoms with Gasteiger partial charge < -0.3 is 10.6 Å². The molecule has 0 aromatic carbocycles. The molecule has 15 heavy (non-hydrogen) atoms. The van der Waals surface area contributed by atoms with Crippen LogP contribution in [0.15, 0.2) is 5.10 Å². The molecule has 2 amide bonds. The zero-order valence-electron chi connectivity index (χ0n) is 8.40. The molecule has 6 nitrogen and oxygen atoms in total. The Bertz CT molecular complexity index is 326. The van der Waals surface area contributed by atoms with Crippen LogP contribution in [0.25, 0.3) is 0 Å². The molecule has 1 unspecified atom stereocenters. The van der Waals surface area contributed by atoms with Crippen LogP contribution >= 0.6 is 0 Å². The summed E-state index contributed by atoms with van der Waals surface area (Å²) >= 11 is 0. The molecule has 0 aromatic rings. The summed E-state index contributed by atoms with van der Waals surface area (Å²) < 4.78 is 0. The molecular formula is C9H14N4O2. The van der Waals surface area contributed by atoms with E-state index in [1.165, 1.54) is 0 Å². The highest BCUT2D eigenvalue weighted by Crippen LogP contribution is 2.10. The lowest BCUT2D eigenvalue weighted by Gasteiger charge is -2.18. The van der Waals surface area contributed by atoms with E-state index >= 15 is 0 Å². The molecule has 3 N–H and O–H groups in total. The topological polar surface area (TPSA) is 87.8 Å². The summed E-state index contributed by atoms with van der Waals surface area (Å²) in [4.78, 5) is 24.4. The minimum Gasteiger partial charge on any atom is -0.336 e. The van der Waals surface area contributed by atoms with Crippen molar-refractivity contribution < 1.29 is 9.59 Å². The number of hydrogen-bond acceptors (Lipinski definition) is 4. The van der Waals surface area contributed by atoms with Gasteiger partial charge in [-0.05, 0) is 6.42 Å². The van der Waals surface area contributed by atoms with Gasteiger partial charge in [0, 0.05) is 32.0 Å². The van der Waals surface area contributed by atoms with Crippen LogP contribution in [0, 0.1) is 0 Å². The first kappa shape index (κ1) is 10.1. The zero-order valence-corrected chi connectivity index (χ0v) is 8.40. The predicted molar refractivity (Wildman–Crippen MR) is 54.0 cm³/mol. The fourth-order valence-corrected chi connectivity index (χ4v) is 1.78. The molecule has 2 aliphatic heterocycles. The van der Waals surface area contributed by atoms with Gasteiger partial charge >= 0.3 is 0 Å². The zero-order chi connectivity index (χ0) is 10.8. The average molecular weight is 210 g/mol. The van der Waals surface area contributed by atoms with E-state index in [1.807, 2.05) is 0 Å². The van der Waals surface area contributed by atoms with Crippen LogP contribution in [-0.4, -0.2) is 41.6 Å². The Balaban J connectivity index is 1.99. The van der Waals surface area contributed by atoms with E-state index in [2.05, 4.69) is 10.5 Å². The lowest BCUT2D eigenvalue weighted by Crippen LogP contribution is -2.40. The van der Waals surface area contributed by atoms with Crippen molar-refractivity contribution >= 4 is 17.5 Å². The average Bonchev–Trinajstić information content (AvgIpc) is 2.65. The molecule has 1 fully saturated rings. The van der Waals surface area contributed by atoms with Gasteiger partial charge in [-0.15, -0.1) is 0 Å². The second kappa shape index (κ2) is 3.98. The molecule has 0 spiro atoms. The predicted octanol–water partition coefficient (Wildman–Crippen LogP) is -1.19. The van der Waals surface area contributed by atoms with Crippen molar-refractivity contribution in [3.8, 4) is 0 Å². The number of rotatable bonds is 1. The molecule has 82 valence electrons. The largest absolute Gasteiger partial charge is 0.336 e. The summed E-state index contributed by atoms with van der Waals surface area (Å²) in [6.45, 7) is 1.28. The Hall–Kier alpha value is -1.43. The van der Waals surface area contributed by atoms with Crippen LogP contribution in [0.5, 0.6) is 0 Å². The minimum absolute atomic E-state index is 0.0766. The second-order valence-electron chi connectivity index (χ2n) is 3.89. The first-order valence-corrected chi connectivity index (χ1v) is 5.07. The monoisotopic (exact) mass is 210 g/mol. The first-order valence-electron chi connectivity index (χ1n) is 5.07. The van der Waals surface area contributed by atoms with Crippen LogP contribution in [0.4, 0.5) is 0 Å². The van der Waals surface area contributed by atoms with E-state index in [4.69, 9.17) is 5.73 Å². The van der Waals surface area contributed by atoms with E-state index < -0.39 is 0 Å². The fraction of sp³-hybridized carbons (Fsp3) is 0.667. The summed E-state index contributed by atoms with van der Waals surface area (Å²) in [5.74, 6) is -0.229.